The average molecular weight is 475 g/mol. The molecule has 3 aromatic rings. The van der Waals surface area contributed by atoms with E-state index in [-0.39, 0.29) is 4.90 Å². The van der Waals surface area contributed by atoms with Crippen molar-refractivity contribution in [1.82, 2.24) is 9.62 Å². The number of hydrogen-bond acceptors (Lipinski definition) is 5. The summed E-state index contributed by atoms with van der Waals surface area (Å²) in [6.07, 6.45) is 1.64. The highest BCUT2D eigenvalue weighted by Gasteiger charge is 2.20. The topological polar surface area (TPSA) is 67.9 Å². The minimum Gasteiger partial charge on any atom is -0.493 e. The summed E-state index contributed by atoms with van der Waals surface area (Å²) in [6, 6.07) is 14.6. The number of methoxy groups -OCH3 is 2. The zero-order valence-electron chi connectivity index (χ0n) is 18.2. The molecule has 4 rings (SSSR count). The van der Waals surface area contributed by atoms with Gasteiger partial charge in [-0.25, -0.2) is 13.1 Å². The molecule has 0 aromatic heterocycles. The number of fused-ring (bicyclic) bond motifs is 2. The van der Waals surface area contributed by atoms with E-state index in [2.05, 4.69) is 15.7 Å². The van der Waals surface area contributed by atoms with E-state index in [1.807, 2.05) is 12.1 Å². The van der Waals surface area contributed by atoms with E-state index in [1.54, 1.807) is 44.6 Å². The van der Waals surface area contributed by atoms with Gasteiger partial charge in [0.2, 0.25) is 10.0 Å². The maximum atomic E-state index is 12.9. The molecule has 0 fully saturated rings. The fourth-order valence-electron chi connectivity index (χ4n) is 4.20. The van der Waals surface area contributed by atoms with E-state index in [1.165, 1.54) is 11.1 Å². The second kappa shape index (κ2) is 9.67. The lowest BCUT2D eigenvalue weighted by atomic mass is 9.98. The number of hydrogen-bond donors (Lipinski definition) is 1. The molecule has 1 aliphatic heterocycles. The number of rotatable bonds is 8. The number of benzene rings is 3. The van der Waals surface area contributed by atoms with Crippen molar-refractivity contribution in [1.29, 1.82) is 0 Å². The van der Waals surface area contributed by atoms with Gasteiger partial charge in [-0.3, -0.25) is 4.90 Å². The fourth-order valence-corrected chi connectivity index (χ4v) is 5.73. The van der Waals surface area contributed by atoms with E-state index in [0.29, 0.717) is 23.4 Å². The molecular formula is C24H27ClN2O4S. The van der Waals surface area contributed by atoms with Gasteiger partial charge in [-0.2, -0.15) is 0 Å². The summed E-state index contributed by atoms with van der Waals surface area (Å²) < 4.78 is 39.4. The van der Waals surface area contributed by atoms with E-state index >= 15 is 0 Å². The lowest BCUT2D eigenvalue weighted by molar-refractivity contribution is 0.250. The molecule has 0 spiro atoms. The third-order valence-corrected chi connectivity index (χ3v) is 7.71. The molecule has 0 unspecified atom stereocenters. The van der Waals surface area contributed by atoms with Crippen LogP contribution in [-0.2, 0) is 23.0 Å². The Bertz CT molecular complexity index is 1230. The second-order valence-electron chi connectivity index (χ2n) is 7.84. The molecule has 0 saturated carbocycles. The van der Waals surface area contributed by atoms with Crippen LogP contribution in [-0.4, -0.2) is 47.2 Å². The van der Waals surface area contributed by atoms with Crippen LogP contribution in [0.5, 0.6) is 11.5 Å². The zero-order chi connectivity index (χ0) is 22.7. The minimum absolute atomic E-state index is 0.255. The summed E-state index contributed by atoms with van der Waals surface area (Å²) in [5.41, 5.74) is 2.50. The van der Waals surface area contributed by atoms with Crippen LogP contribution in [0.25, 0.3) is 10.8 Å². The van der Waals surface area contributed by atoms with Crippen molar-refractivity contribution in [3.8, 4) is 11.5 Å². The minimum atomic E-state index is -3.63. The Hall–Kier alpha value is -2.32. The Kier molecular flexibility index (Phi) is 6.90. The molecule has 8 heteroatoms. The van der Waals surface area contributed by atoms with Crippen LogP contribution < -0.4 is 14.2 Å². The number of halogens is 1. The highest BCUT2D eigenvalue weighted by atomic mass is 35.5. The summed E-state index contributed by atoms with van der Waals surface area (Å²) in [5, 5.41) is 1.90. The number of sulfonamides is 1. The summed E-state index contributed by atoms with van der Waals surface area (Å²) >= 11 is 6.23. The molecule has 3 aromatic carbocycles. The largest absolute Gasteiger partial charge is 0.493 e. The first-order chi connectivity index (χ1) is 15.4. The lowest BCUT2D eigenvalue weighted by Crippen LogP contribution is -2.33. The van der Waals surface area contributed by atoms with Gasteiger partial charge < -0.3 is 9.47 Å². The summed E-state index contributed by atoms with van der Waals surface area (Å²) in [6.45, 7) is 2.91. The molecule has 1 heterocycles. The number of nitrogens with zero attached hydrogens (tertiary/aromatic N) is 1. The Morgan fingerprint density at radius 2 is 1.69 bits per heavy atom. The van der Waals surface area contributed by atoms with Crippen LogP contribution in [0.15, 0.2) is 53.4 Å². The molecular weight excluding hydrogens is 448 g/mol. The van der Waals surface area contributed by atoms with Gasteiger partial charge in [0.25, 0.3) is 0 Å². The summed E-state index contributed by atoms with van der Waals surface area (Å²) in [7, 11) is -0.344. The Morgan fingerprint density at radius 3 is 2.44 bits per heavy atom. The molecule has 0 atom stereocenters. The van der Waals surface area contributed by atoms with Crippen LogP contribution >= 0.6 is 11.6 Å². The van der Waals surface area contributed by atoms with Gasteiger partial charge in [-0.1, -0.05) is 35.9 Å². The van der Waals surface area contributed by atoms with E-state index in [0.717, 1.165) is 42.9 Å². The fraction of sp³-hybridized carbons (Fsp3) is 0.333. The maximum absolute atomic E-state index is 12.9. The van der Waals surface area contributed by atoms with E-state index in [4.69, 9.17) is 21.1 Å². The molecule has 0 amide bonds. The zero-order valence-corrected chi connectivity index (χ0v) is 19.8. The predicted octanol–water partition coefficient (Wildman–Crippen LogP) is 4.24. The van der Waals surface area contributed by atoms with Gasteiger partial charge in [-0.15, -0.1) is 0 Å². The maximum Gasteiger partial charge on any atom is 0.241 e. The molecule has 1 N–H and O–H groups in total. The third kappa shape index (κ3) is 4.71. The van der Waals surface area contributed by atoms with Crippen LogP contribution in [0.1, 0.15) is 17.5 Å². The average Bonchev–Trinajstić information content (AvgIpc) is 2.80. The van der Waals surface area contributed by atoms with Crippen molar-refractivity contribution >= 4 is 32.4 Å². The van der Waals surface area contributed by atoms with Crippen molar-refractivity contribution < 1.29 is 17.9 Å². The van der Waals surface area contributed by atoms with Crippen LogP contribution in [0, 0.1) is 0 Å². The quantitative estimate of drug-likeness (QED) is 0.495. The van der Waals surface area contributed by atoms with Crippen molar-refractivity contribution in [3.63, 3.8) is 0 Å². The highest BCUT2D eigenvalue weighted by molar-refractivity contribution is 7.89. The van der Waals surface area contributed by atoms with Crippen molar-refractivity contribution in [2.45, 2.75) is 24.3 Å². The highest BCUT2D eigenvalue weighted by Crippen LogP contribution is 2.33. The number of ether oxygens (including phenoxy) is 2. The van der Waals surface area contributed by atoms with Gasteiger partial charge >= 0.3 is 0 Å². The molecule has 0 aliphatic carbocycles. The van der Waals surface area contributed by atoms with Gasteiger partial charge in [0.05, 0.1) is 19.1 Å². The van der Waals surface area contributed by atoms with E-state index < -0.39 is 10.0 Å². The van der Waals surface area contributed by atoms with E-state index in [9.17, 15) is 8.42 Å². The smallest absolute Gasteiger partial charge is 0.241 e. The first kappa shape index (κ1) is 22.9. The van der Waals surface area contributed by atoms with Crippen LogP contribution in [0.2, 0.25) is 5.02 Å². The molecule has 1 aliphatic rings. The summed E-state index contributed by atoms with van der Waals surface area (Å²) in [4.78, 5) is 2.59. The molecule has 0 saturated heterocycles. The van der Waals surface area contributed by atoms with Crippen LogP contribution in [0.4, 0.5) is 0 Å². The molecule has 6 nitrogen and oxygen atoms in total. The van der Waals surface area contributed by atoms with Crippen molar-refractivity contribution in [2.75, 3.05) is 33.9 Å². The van der Waals surface area contributed by atoms with Gasteiger partial charge in [0, 0.05) is 35.4 Å². The Morgan fingerprint density at radius 1 is 1.00 bits per heavy atom. The van der Waals surface area contributed by atoms with Gasteiger partial charge in [0.15, 0.2) is 11.5 Å². The van der Waals surface area contributed by atoms with Gasteiger partial charge in [-0.05, 0) is 54.8 Å². The molecule has 0 radical (unpaired) electrons. The number of nitrogens with one attached hydrogen (secondary N) is 1. The van der Waals surface area contributed by atoms with Gasteiger partial charge in [0.1, 0.15) is 0 Å². The molecule has 170 valence electrons. The molecule has 0 bridgehead atoms. The second-order valence-corrected chi connectivity index (χ2v) is 9.99. The monoisotopic (exact) mass is 474 g/mol. The first-order valence-corrected chi connectivity index (χ1v) is 12.4. The van der Waals surface area contributed by atoms with Crippen molar-refractivity contribution in [3.05, 3.63) is 64.7 Å². The normalized spacial score (nSPS) is 14.3. The van der Waals surface area contributed by atoms with Crippen LogP contribution in [0.3, 0.4) is 0 Å². The Balaban J connectivity index is 1.37. The first-order valence-electron chi connectivity index (χ1n) is 10.6. The summed E-state index contributed by atoms with van der Waals surface area (Å²) in [5.74, 6) is 1.49. The Labute approximate surface area is 194 Å². The predicted molar refractivity (Wildman–Crippen MR) is 127 cm³/mol. The molecule has 32 heavy (non-hydrogen) atoms. The lowest BCUT2D eigenvalue weighted by Gasteiger charge is -2.29. The van der Waals surface area contributed by atoms with Crippen molar-refractivity contribution in [2.24, 2.45) is 0 Å². The third-order valence-electron chi connectivity index (χ3n) is 5.86. The SMILES string of the molecule is COc1cc2c(cc1OC)CN(CCCNS(=O)(=O)c1cccc3c(Cl)cccc13)CC2. The standard InChI is InChI=1S/C24H27ClN2O4S/c1-30-22-14-17-10-13-27(16-18(17)15-23(22)31-2)12-5-11-26-32(28,29)24-9-4-6-19-20(24)7-3-8-21(19)25/h3-4,6-9,14-15,26H,5,10-13,16H2,1-2H3.